The number of hydrogen-bond acceptors (Lipinski definition) is 3. The van der Waals surface area contributed by atoms with Crippen molar-refractivity contribution in [1.82, 2.24) is 10.6 Å². The van der Waals surface area contributed by atoms with Crippen LogP contribution in [0, 0.1) is 5.41 Å². The van der Waals surface area contributed by atoms with E-state index < -0.39 is 23.2 Å². The van der Waals surface area contributed by atoms with Crippen molar-refractivity contribution < 1.29 is 19.5 Å². The second-order valence-corrected chi connectivity index (χ2v) is 6.20. The van der Waals surface area contributed by atoms with E-state index in [0.29, 0.717) is 17.9 Å². The fourth-order valence-corrected chi connectivity index (χ4v) is 2.41. The van der Waals surface area contributed by atoms with Crippen molar-refractivity contribution in [3.05, 3.63) is 33.8 Å². The molecule has 2 amide bonds. The van der Waals surface area contributed by atoms with Crippen LogP contribution in [0.25, 0.3) is 0 Å². The molecule has 6 nitrogen and oxygen atoms in total. The van der Waals surface area contributed by atoms with Crippen molar-refractivity contribution in [2.45, 2.75) is 26.7 Å². The van der Waals surface area contributed by atoms with Crippen LogP contribution in [-0.4, -0.2) is 36.0 Å². The molecule has 132 valence electrons. The van der Waals surface area contributed by atoms with Crippen LogP contribution in [0.3, 0.4) is 0 Å². The van der Waals surface area contributed by atoms with E-state index in [2.05, 4.69) is 10.6 Å². The molecular weight excluding hydrogens is 355 g/mol. The van der Waals surface area contributed by atoms with E-state index in [1.54, 1.807) is 13.8 Å². The lowest BCUT2D eigenvalue weighted by Gasteiger charge is -2.26. The summed E-state index contributed by atoms with van der Waals surface area (Å²) in [5.74, 6) is -1.89. The van der Waals surface area contributed by atoms with Crippen molar-refractivity contribution in [3.8, 4) is 0 Å². The fraction of sp³-hybridized carbons (Fsp3) is 0.438. The average molecular weight is 375 g/mol. The molecule has 0 radical (unpaired) electrons. The van der Waals surface area contributed by atoms with Gasteiger partial charge in [-0.25, -0.2) is 0 Å². The summed E-state index contributed by atoms with van der Waals surface area (Å²) in [4.78, 5) is 35.1. The highest BCUT2D eigenvalue weighted by molar-refractivity contribution is 6.42. The summed E-state index contributed by atoms with van der Waals surface area (Å²) in [6.45, 7) is 3.27. The standard InChI is InChI=1S/C16H20Cl2N2O4/c1-3-16(4-2,15(23)24)9-20-13(21)8-19-14(22)10-5-6-11(17)12(18)7-10/h5-7H,3-4,8-9H2,1-2H3,(H,19,22)(H,20,21)(H,23,24). The molecule has 0 unspecified atom stereocenters. The normalized spacial score (nSPS) is 11.0. The number of halogens is 2. The first-order chi connectivity index (χ1) is 11.3. The first kappa shape index (κ1) is 20.3. The van der Waals surface area contributed by atoms with Crippen molar-refractivity contribution in [2.24, 2.45) is 5.41 Å². The summed E-state index contributed by atoms with van der Waals surface area (Å²) < 4.78 is 0. The van der Waals surface area contributed by atoms with E-state index in [9.17, 15) is 19.5 Å². The first-order valence-corrected chi connectivity index (χ1v) is 8.24. The van der Waals surface area contributed by atoms with Crippen LogP contribution >= 0.6 is 23.2 Å². The second-order valence-electron chi connectivity index (χ2n) is 5.38. The van der Waals surface area contributed by atoms with Crippen LogP contribution in [0.5, 0.6) is 0 Å². The Bertz CT molecular complexity index is 631. The summed E-state index contributed by atoms with van der Waals surface area (Å²) >= 11 is 11.6. The third kappa shape index (κ3) is 5.11. The van der Waals surface area contributed by atoms with Crippen LogP contribution in [0.1, 0.15) is 37.0 Å². The smallest absolute Gasteiger partial charge is 0.311 e. The van der Waals surface area contributed by atoms with Gasteiger partial charge >= 0.3 is 5.97 Å². The van der Waals surface area contributed by atoms with Crippen molar-refractivity contribution >= 4 is 41.0 Å². The minimum Gasteiger partial charge on any atom is -0.481 e. The topological polar surface area (TPSA) is 95.5 Å². The molecule has 8 heteroatoms. The number of carboxylic acid groups (broad SMARTS) is 1. The fourth-order valence-electron chi connectivity index (χ4n) is 2.11. The van der Waals surface area contributed by atoms with E-state index in [-0.39, 0.29) is 23.7 Å². The Kier molecular flexibility index (Phi) is 7.51. The average Bonchev–Trinajstić information content (AvgIpc) is 2.56. The van der Waals surface area contributed by atoms with Gasteiger partial charge in [0.25, 0.3) is 5.91 Å². The third-order valence-electron chi connectivity index (χ3n) is 4.02. The predicted molar refractivity (Wildman–Crippen MR) is 92.5 cm³/mol. The maximum Gasteiger partial charge on any atom is 0.311 e. The van der Waals surface area contributed by atoms with Crippen LogP contribution in [0.15, 0.2) is 18.2 Å². The molecule has 0 aliphatic carbocycles. The molecular formula is C16H20Cl2N2O4. The molecule has 1 rings (SSSR count). The predicted octanol–water partition coefficient (Wildman–Crippen LogP) is 2.73. The molecule has 24 heavy (non-hydrogen) atoms. The van der Waals surface area contributed by atoms with Gasteiger partial charge in [0.2, 0.25) is 5.91 Å². The second kappa shape index (κ2) is 8.89. The summed E-state index contributed by atoms with van der Waals surface area (Å²) in [6, 6.07) is 4.38. The third-order valence-corrected chi connectivity index (χ3v) is 4.76. The van der Waals surface area contributed by atoms with Gasteiger partial charge in [-0.05, 0) is 31.0 Å². The number of carbonyl (C=O) groups is 3. The number of carboxylic acids is 1. The van der Waals surface area contributed by atoms with Gasteiger partial charge < -0.3 is 15.7 Å². The van der Waals surface area contributed by atoms with Crippen molar-refractivity contribution in [2.75, 3.05) is 13.1 Å². The monoisotopic (exact) mass is 374 g/mol. The van der Waals surface area contributed by atoms with Gasteiger partial charge in [-0.1, -0.05) is 37.0 Å². The van der Waals surface area contributed by atoms with Gasteiger partial charge in [-0.3, -0.25) is 14.4 Å². The zero-order valence-corrected chi connectivity index (χ0v) is 15.0. The molecule has 0 aliphatic heterocycles. The quantitative estimate of drug-likeness (QED) is 0.651. The molecule has 0 bridgehead atoms. The number of benzene rings is 1. The van der Waals surface area contributed by atoms with Gasteiger partial charge in [0.15, 0.2) is 0 Å². The minimum atomic E-state index is -0.997. The lowest BCUT2D eigenvalue weighted by molar-refractivity contribution is -0.149. The molecule has 0 aromatic heterocycles. The van der Waals surface area contributed by atoms with Crippen LogP contribution in [-0.2, 0) is 9.59 Å². The zero-order chi connectivity index (χ0) is 18.3. The maximum atomic E-state index is 11.9. The van der Waals surface area contributed by atoms with Crippen LogP contribution in [0.4, 0.5) is 0 Å². The Morgan fingerprint density at radius 2 is 1.71 bits per heavy atom. The van der Waals surface area contributed by atoms with Crippen LogP contribution < -0.4 is 10.6 Å². The first-order valence-electron chi connectivity index (χ1n) is 7.49. The zero-order valence-electron chi connectivity index (χ0n) is 13.5. The van der Waals surface area contributed by atoms with E-state index in [0.717, 1.165) is 0 Å². The van der Waals surface area contributed by atoms with E-state index >= 15 is 0 Å². The van der Waals surface area contributed by atoms with Crippen molar-refractivity contribution in [3.63, 3.8) is 0 Å². The number of rotatable bonds is 8. The molecule has 1 aromatic carbocycles. The van der Waals surface area contributed by atoms with Gasteiger partial charge in [0.05, 0.1) is 22.0 Å². The Hall–Kier alpha value is -1.79. The van der Waals surface area contributed by atoms with Gasteiger partial charge in [-0.2, -0.15) is 0 Å². The van der Waals surface area contributed by atoms with Crippen LogP contribution in [0.2, 0.25) is 10.0 Å². The molecule has 0 fully saturated rings. The summed E-state index contributed by atoms with van der Waals surface area (Å²) in [6.07, 6.45) is 0.795. The molecule has 0 saturated heterocycles. The van der Waals surface area contributed by atoms with E-state index in [1.165, 1.54) is 18.2 Å². The summed E-state index contributed by atoms with van der Waals surface area (Å²) in [7, 11) is 0. The molecule has 3 N–H and O–H groups in total. The maximum absolute atomic E-state index is 11.9. The molecule has 0 heterocycles. The lowest BCUT2D eigenvalue weighted by atomic mass is 9.82. The Morgan fingerprint density at radius 3 is 2.21 bits per heavy atom. The number of amides is 2. The summed E-state index contributed by atoms with van der Waals surface area (Å²) in [5.41, 5.74) is -0.720. The highest BCUT2D eigenvalue weighted by Gasteiger charge is 2.35. The van der Waals surface area contributed by atoms with Gasteiger partial charge in [0, 0.05) is 12.1 Å². The van der Waals surface area contributed by atoms with E-state index in [1.807, 2.05) is 0 Å². The Labute approximate surface area is 150 Å². The lowest BCUT2D eigenvalue weighted by Crippen LogP contribution is -2.45. The minimum absolute atomic E-state index is 0.0107. The number of hydrogen-bond donors (Lipinski definition) is 3. The number of carbonyl (C=O) groups excluding carboxylic acids is 2. The van der Waals surface area contributed by atoms with Crippen molar-refractivity contribution in [1.29, 1.82) is 0 Å². The highest BCUT2D eigenvalue weighted by atomic mass is 35.5. The van der Waals surface area contributed by atoms with Gasteiger partial charge in [0.1, 0.15) is 0 Å². The molecule has 1 aromatic rings. The Balaban J connectivity index is 2.55. The summed E-state index contributed by atoms with van der Waals surface area (Å²) in [5, 5.41) is 14.9. The molecule has 0 aliphatic rings. The molecule has 0 spiro atoms. The molecule has 0 atom stereocenters. The largest absolute Gasteiger partial charge is 0.481 e. The highest BCUT2D eigenvalue weighted by Crippen LogP contribution is 2.25. The Morgan fingerprint density at radius 1 is 1.08 bits per heavy atom. The molecule has 0 saturated carbocycles. The number of nitrogens with one attached hydrogen (secondary N) is 2. The number of aliphatic carboxylic acids is 1. The SMILES string of the molecule is CCC(CC)(CNC(=O)CNC(=O)c1ccc(Cl)c(Cl)c1)C(=O)O. The van der Waals surface area contributed by atoms with E-state index in [4.69, 9.17) is 23.2 Å². The van der Waals surface area contributed by atoms with Gasteiger partial charge in [-0.15, -0.1) is 0 Å².